The molecule has 3 N–H and O–H groups in total. The minimum absolute atomic E-state index is 0.151. The van der Waals surface area contributed by atoms with Crippen molar-refractivity contribution in [3.8, 4) is 0 Å². The average molecular weight is 320 g/mol. The fraction of sp³-hybridized carbons (Fsp3) is 0.438. The molecule has 1 heterocycles. The van der Waals surface area contributed by atoms with Gasteiger partial charge in [0.25, 0.3) is 5.91 Å². The van der Waals surface area contributed by atoms with Gasteiger partial charge in [0, 0.05) is 30.8 Å². The molecule has 1 saturated heterocycles. The molecule has 23 heavy (non-hydrogen) atoms. The van der Waals surface area contributed by atoms with Crippen molar-refractivity contribution in [3.63, 3.8) is 0 Å². The predicted molar refractivity (Wildman–Crippen MR) is 83.6 cm³/mol. The van der Waals surface area contributed by atoms with Gasteiger partial charge in [0.15, 0.2) is 0 Å². The summed E-state index contributed by atoms with van der Waals surface area (Å²) in [5.74, 6) is -2.86. The van der Waals surface area contributed by atoms with Crippen LogP contribution in [0.15, 0.2) is 24.3 Å². The normalized spacial score (nSPS) is 15.2. The Hall–Kier alpha value is -2.57. The Labute approximate surface area is 133 Å². The van der Waals surface area contributed by atoms with Gasteiger partial charge in [0.05, 0.1) is 0 Å². The molecule has 2 rings (SSSR count). The van der Waals surface area contributed by atoms with Crippen LogP contribution in [0.4, 0.5) is 5.69 Å². The highest BCUT2D eigenvalue weighted by molar-refractivity contribution is 5.96. The van der Waals surface area contributed by atoms with Crippen LogP contribution in [0, 0.1) is 0 Å². The van der Waals surface area contributed by atoms with E-state index in [2.05, 4.69) is 10.2 Å². The first-order valence-electron chi connectivity index (χ1n) is 7.58. The summed E-state index contributed by atoms with van der Waals surface area (Å²) in [7, 11) is 0. The van der Waals surface area contributed by atoms with Crippen LogP contribution >= 0.6 is 0 Å². The number of amides is 1. The summed E-state index contributed by atoms with van der Waals surface area (Å²) < 4.78 is 0. The van der Waals surface area contributed by atoms with Gasteiger partial charge in [-0.2, -0.15) is 0 Å². The molecule has 0 spiro atoms. The first kappa shape index (κ1) is 16.8. The molecule has 124 valence electrons. The molecule has 1 unspecified atom stereocenters. The van der Waals surface area contributed by atoms with Crippen LogP contribution in [0.2, 0.25) is 0 Å². The Morgan fingerprint density at radius 3 is 2.22 bits per heavy atom. The summed E-state index contributed by atoms with van der Waals surface area (Å²) in [5.41, 5.74) is 1.40. The van der Waals surface area contributed by atoms with Gasteiger partial charge in [0.2, 0.25) is 0 Å². The Morgan fingerprint density at radius 1 is 1.09 bits per heavy atom. The quantitative estimate of drug-likeness (QED) is 0.700. The number of carboxylic acid groups (broad SMARTS) is 2. The number of nitrogens with zero attached hydrogens (tertiary/aromatic N) is 1. The van der Waals surface area contributed by atoms with Crippen molar-refractivity contribution < 1.29 is 24.6 Å². The number of carboxylic acids is 2. The molecule has 1 aromatic carbocycles. The molecule has 0 bridgehead atoms. The summed E-state index contributed by atoms with van der Waals surface area (Å²) in [4.78, 5) is 36.0. The van der Waals surface area contributed by atoms with Crippen LogP contribution in [0.3, 0.4) is 0 Å². The lowest BCUT2D eigenvalue weighted by molar-refractivity contribution is -0.140. The zero-order valence-corrected chi connectivity index (χ0v) is 12.7. The fourth-order valence-corrected chi connectivity index (χ4v) is 2.57. The second-order valence-corrected chi connectivity index (χ2v) is 5.54. The van der Waals surface area contributed by atoms with Crippen LogP contribution < -0.4 is 10.2 Å². The minimum Gasteiger partial charge on any atom is -0.481 e. The van der Waals surface area contributed by atoms with E-state index >= 15 is 0 Å². The van der Waals surface area contributed by atoms with Crippen LogP contribution in [0.5, 0.6) is 0 Å². The van der Waals surface area contributed by atoms with Gasteiger partial charge >= 0.3 is 11.9 Å². The van der Waals surface area contributed by atoms with Crippen molar-refractivity contribution >= 4 is 23.5 Å². The molecule has 0 aliphatic carbocycles. The number of anilines is 1. The van der Waals surface area contributed by atoms with E-state index in [4.69, 9.17) is 10.2 Å². The average Bonchev–Trinajstić information content (AvgIpc) is 3.05. The van der Waals surface area contributed by atoms with E-state index in [9.17, 15) is 14.4 Å². The molecule has 1 aliphatic rings. The molecule has 1 aromatic rings. The molecular weight excluding hydrogens is 300 g/mol. The van der Waals surface area contributed by atoms with Crippen LogP contribution in [-0.4, -0.2) is 47.2 Å². The van der Waals surface area contributed by atoms with E-state index < -0.39 is 23.9 Å². The predicted octanol–water partition coefficient (Wildman–Crippen LogP) is 1.33. The van der Waals surface area contributed by atoms with Gasteiger partial charge in [-0.1, -0.05) is 0 Å². The van der Waals surface area contributed by atoms with Gasteiger partial charge in [-0.05, 0) is 43.5 Å². The third-order valence-electron chi connectivity index (χ3n) is 3.85. The van der Waals surface area contributed by atoms with Gasteiger partial charge in [-0.15, -0.1) is 0 Å². The Kier molecular flexibility index (Phi) is 5.56. The van der Waals surface area contributed by atoms with E-state index in [0.29, 0.717) is 5.56 Å². The van der Waals surface area contributed by atoms with Gasteiger partial charge in [-0.25, -0.2) is 4.79 Å². The number of benzene rings is 1. The van der Waals surface area contributed by atoms with E-state index in [1.807, 2.05) is 12.1 Å². The topological polar surface area (TPSA) is 107 Å². The molecular formula is C16H20N2O5. The lowest BCUT2D eigenvalue weighted by Gasteiger charge is -2.18. The third kappa shape index (κ3) is 4.70. The molecule has 1 aliphatic heterocycles. The number of nitrogens with one attached hydrogen (secondary N) is 1. The van der Waals surface area contributed by atoms with Crippen LogP contribution in [0.25, 0.3) is 0 Å². The minimum atomic E-state index is -1.24. The summed E-state index contributed by atoms with van der Waals surface area (Å²) in [6, 6.07) is 5.77. The number of hydrogen-bond acceptors (Lipinski definition) is 4. The molecule has 0 radical (unpaired) electrons. The van der Waals surface area contributed by atoms with Gasteiger partial charge in [-0.3, -0.25) is 9.59 Å². The maximum Gasteiger partial charge on any atom is 0.326 e. The van der Waals surface area contributed by atoms with E-state index in [-0.39, 0.29) is 12.8 Å². The SMILES string of the molecule is O=C(O)CCC(NC(=O)c1ccc(N2CCCC2)cc1)C(=O)O. The summed E-state index contributed by atoms with van der Waals surface area (Å²) >= 11 is 0. The molecule has 1 fully saturated rings. The van der Waals surface area contributed by atoms with E-state index in [1.54, 1.807) is 12.1 Å². The van der Waals surface area contributed by atoms with Crippen molar-refractivity contribution in [3.05, 3.63) is 29.8 Å². The fourth-order valence-electron chi connectivity index (χ4n) is 2.57. The molecule has 7 nitrogen and oxygen atoms in total. The van der Waals surface area contributed by atoms with E-state index in [0.717, 1.165) is 31.6 Å². The first-order chi connectivity index (χ1) is 11.0. The second-order valence-electron chi connectivity index (χ2n) is 5.54. The number of aliphatic carboxylic acids is 2. The van der Waals surface area contributed by atoms with Gasteiger partial charge in [0.1, 0.15) is 6.04 Å². The van der Waals surface area contributed by atoms with Crippen molar-refractivity contribution in [2.24, 2.45) is 0 Å². The summed E-state index contributed by atoms with van der Waals surface area (Å²) in [6.45, 7) is 2.00. The van der Waals surface area contributed by atoms with Crippen LogP contribution in [-0.2, 0) is 9.59 Å². The molecule has 1 atom stereocenters. The molecule has 7 heteroatoms. The largest absolute Gasteiger partial charge is 0.481 e. The Balaban J connectivity index is 1.98. The second kappa shape index (κ2) is 7.62. The lowest BCUT2D eigenvalue weighted by atomic mass is 10.1. The van der Waals surface area contributed by atoms with Crippen molar-refractivity contribution in [2.45, 2.75) is 31.7 Å². The Bertz CT molecular complexity index is 579. The standard InChI is InChI=1S/C16H20N2O5/c19-14(20)8-7-13(16(22)23)17-15(21)11-3-5-12(6-4-11)18-9-1-2-10-18/h3-6,13H,1-2,7-10H2,(H,17,21)(H,19,20)(H,22,23). The number of rotatable bonds is 7. The highest BCUT2D eigenvalue weighted by Gasteiger charge is 2.21. The maximum absolute atomic E-state index is 12.1. The summed E-state index contributed by atoms with van der Waals surface area (Å²) in [6.07, 6.45) is 1.85. The summed E-state index contributed by atoms with van der Waals surface area (Å²) in [5, 5.41) is 20.0. The zero-order valence-electron chi connectivity index (χ0n) is 12.7. The molecule has 1 amide bonds. The maximum atomic E-state index is 12.1. The number of hydrogen-bond donors (Lipinski definition) is 3. The Morgan fingerprint density at radius 2 is 1.70 bits per heavy atom. The highest BCUT2D eigenvalue weighted by atomic mass is 16.4. The van der Waals surface area contributed by atoms with E-state index in [1.165, 1.54) is 0 Å². The van der Waals surface area contributed by atoms with Crippen molar-refractivity contribution in [2.75, 3.05) is 18.0 Å². The third-order valence-corrected chi connectivity index (χ3v) is 3.85. The van der Waals surface area contributed by atoms with Gasteiger partial charge < -0.3 is 20.4 Å². The first-order valence-corrected chi connectivity index (χ1v) is 7.58. The number of carbonyl (C=O) groups is 3. The number of carbonyl (C=O) groups excluding carboxylic acids is 1. The van der Waals surface area contributed by atoms with Crippen molar-refractivity contribution in [1.29, 1.82) is 0 Å². The highest BCUT2D eigenvalue weighted by Crippen LogP contribution is 2.20. The zero-order chi connectivity index (χ0) is 16.8. The molecule has 0 aromatic heterocycles. The monoisotopic (exact) mass is 320 g/mol. The van der Waals surface area contributed by atoms with Crippen molar-refractivity contribution in [1.82, 2.24) is 5.32 Å². The smallest absolute Gasteiger partial charge is 0.326 e. The van der Waals surface area contributed by atoms with Crippen LogP contribution in [0.1, 0.15) is 36.0 Å². The molecule has 0 saturated carbocycles. The lowest BCUT2D eigenvalue weighted by Crippen LogP contribution is -2.41.